The standard InChI is InChI=1S/C12H16ClFN2O3/c1-3-12(15,4-2)7-19-11-5-8(13)9(14)6-10(11)16(17)18/h5-6H,3-4,7,15H2,1-2H3. The molecule has 0 aliphatic carbocycles. The highest BCUT2D eigenvalue weighted by Crippen LogP contribution is 2.33. The van der Waals surface area contributed by atoms with Crippen LogP contribution in [0.5, 0.6) is 5.75 Å². The minimum Gasteiger partial charge on any atom is -0.485 e. The SMILES string of the molecule is CCC(N)(CC)COc1cc(Cl)c(F)cc1[N+](=O)[O-]. The third-order valence-electron chi connectivity index (χ3n) is 3.12. The number of ether oxygens (including phenoxy) is 1. The molecule has 1 rings (SSSR count). The number of benzene rings is 1. The summed E-state index contributed by atoms with van der Waals surface area (Å²) in [6.07, 6.45) is 1.32. The Hall–Kier alpha value is -1.40. The van der Waals surface area contributed by atoms with E-state index in [0.29, 0.717) is 12.8 Å². The summed E-state index contributed by atoms with van der Waals surface area (Å²) in [5.74, 6) is -0.932. The van der Waals surface area contributed by atoms with E-state index >= 15 is 0 Å². The largest absolute Gasteiger partial charge is 0.485 e. The van der Waals surface area contributed by atoms with Gasteiger partial charge in [-0.25, -0.2) is 4.39 Å². The van der Waals surface area contributed by atoms with Crippen LogP contribution in [0.4, 0.5) is 10.1 Å². The number of halogens is 2. The van der Waals surface area contributed by atoms with Crippen molar-refractivity contribution in [2.24, 2.45) is 5.73 Å². The van der Waals surface area contributed by atoms with Gasteiger partial charge in [0.05, 0.1) is 16.0 Å². The topological polar surface area (TPSA) is 78.4 Å². The molecule has 0 aliphatic rings. The molecule has 19 heavy (non-hydrogen) atoms. The van der Waals surface area contributed by atoms with Crippen LogP contribution in [0.2, 0.25) is 5.02 Å². The Balaban J connectivity index is 3.00. The summed E-state index contributed by atoms with van der Waals surface area (Å²) in [5, 5.41) is 10.6. The monoisotopic (exact) mass is 290 g/mol. The van der Waals surface area contributed by atoms with Gasteiger partial charge in [0.2, 0.25) is 0 Å². The zero-order valence-electron chi connectivity index (χ0n) is 10.8. The first-order valence-electron chi connectivity index (χ1n) is 5.88. The van der Waals surface area contributed by atoms with Gasteiger partial charge in [-0.05, 0) is 12.8 Å². The van der Waals surface area contributed by atoms with Gasteiger partial charge in [-0.1, -0.05) is 25.4 Å². The maximum atomic E-state index is 13.2. The molecule has 106 valence electrons. The fourth-order valence-corrected chi connectivity index (χ4v) is 1.61. The van der Waals surface area contributed by atoms with E-state index in [2.05, 4.69) is 0 Å². The van der Waals surface area contributed by atoms with Gasteiger partial charge in [-0.15, -0.1) is 0 Å². The van der Waals surface area contributed by atoms with Crippen LogP contribution < -0.4 is 10.5 Å². The summed E-state index contributed by atoms with van der Waals surface area (Å²) in [7, 11) is 0. The van der Waals surface area contributed by atoms with Crippen LogP contribution in [0.15, 0.2) is 12.1 Å². The lowest BCUT2D eigenvalue weighted by atomic mass is 9.96. The summed E-state index contributed by atoms with van der Waals surface area (Å²) >= 11 is 5.60. The number of nitro groups is 1. The van der Waals surface area contributed by atoms with Crippen LogP contribution in [-0.4, -0.2) is 17.1 Å². The van der Waals surface area contributed by atoms with E-state index < -0.39 is 22.0 Å². The summed E-state index contributed by atoms with van der Waals surface area (Å²) in [5.41, 5.74) is 5.00. The van der Waals surface area contributed by atoms with E-state index in [0.717, 1.165) is 12.1 Å². The molecule has 0 aromatic heterocycles. The van der Waals surface area contributed by atoms with Crippen molar-refractivity contribution in [3.8, 4) is 5.75 Å². The molecule has 0 fully saturated rings. The van der Waals surface area contributed by atoms with Crippen molar-refractivity contribution in [3.05, 3.63) is 33.1 Å². The van der Waals surface area contributed by atoms with Gasteiger partial charge in [0.25, 0.3) is 0 Å². The highest BCUT2D eigenvalue weighted by Gasteiger charge is 2.25. The summed E-state index contributed by atoms with van der Waals surface area (Å²) < 4.78 is 18.6. The zero-order valence-corrected chi connectivity index (χ0v) is 11.5. The fraction of sp³-hybridized carbons (Fsp3) is 0.500. The van der Waals surface area contributed by atoms with Gasteiger partial charge >= 0.3 is 5.69 Å². The molecule has 1 aromatic rings. The van der Waals surface area contributed by atoms with Gasteiger partial charge in [0, 0.05) is 11.6 Å². The molecule has 1 aromatic carbocycles. The second-order valence-corrected chi connectivity index (χ2v) is 4.76. The minimum atomic E-state index is -0.856. The van der Waals surface area contributed by atoms with Crippen LogP contribution in [0, 0.1) is 15.9 Å². The normalized spacial score (nSPS) is 11.4. The van der Waals surface area contributed by atoms with Crippen LogP contribution in [0.25, 0.3) is 0 Å². The lowest BCUT2D eigenvalue weighted by Crippen LogP contribution is -2.44. The third-order valence-corrected chi connectivity index (χ3v) is 3.41. The van der Waals surface area contributed by atoms with E-state index in [4.69, 9.17) is 22.1 Å². The van der Waals surface area contributed by atoms with Crippen LogP contribution in [0.3, 0.4) is 0 Å². The molecule has 0 aliphatic heterocycles. The molecule has 0 bridgehead atoms. The number of hydrogen-bond donors (Lipinski definition) is 1. The van der Waals surface area contributed by atoms with Gasteiger partial charge in [0.15, 0.2) is 5.75 Å². The molecule has 0 amide bonds. The lowest BCUT2D eigenvalue weighted by Gasteiger charge is -2.26. The van der Waals surface area contributed by atoms with Crippen LogP contribution in [-0.2, 0) is 0 Å². The second-order valence-electron chi connectivity index (χ2n) is 4.35. The van der Waals surface area contributed by atoms with Crippen molar-refractivity contribution >= 4 is 17.3 Å². The van der Waals surface area contributed by atoms with E-state index in [1.165, 1.54) is 0 Å². The Kier molecular flexibility index (Phi) is 5.08. The molecule has 0 radical (unpaired) electrons. The smallest absolute Gasteiger partial charge is 0.313 e. The predicted molar refractivity (Wildman–Crippen MR) is 71.1 cm³/mol. The number of rotatable bonds is 6. The Morgan fingerprint density at radius 1 is 1.47 bits per heavy atom. The zero-order chi connectivity index (χ0) is 14.6. The maximum absolute atomic E-state index is 13.2. The van der Waals surface area contributed by atoms with E-state index in [9.17, 15) is 14.5 Å². The van der Waals surface area contributed by atoms with Gasteiger partial charge in [-0.2, -0.15) is 0 Å². The van der Waals surface area contributed by atoms with Crippen molar-refractivity contribution in [1.29, 1.82) is 0 Å². The lowest BCUT2D eigenvalue weighted by molar-refractivity contribution is -0.386. The molecule has 0 heterocycles. The number of nitrogens with two attached hydrogens (primary N) is 1. The number of nitrogens with zero attached hydrogens (tertiary/aromatic N) is 1. The van der Waals surface area contributed by atoms with Crippen LogP contribution >= 0.6 is 11.6 Å². The minimum absolute atomic E-state index is 0.0758. The van der Waals surface area contributed by atoms with Crippen molar-refractivity contribution in [3.63, 3.8) is 0 Å². The molecular weight excluding hydrogens is 275 g/mol. The van der Waals surface area contributed by atoms with Gasteiger partial charge in [-0.3, -0.25) is 10.1 Å². The van der Waals surface area contributed by atoms with E-state index in [1.807, 2.05) is 13.8 Å². The highest BCUT2D eigenvalue weighted by molar-refractivity contribution is 6.31. The summed E-state index contributed by atoms with van der Waals surface area (Å²) in [6.45, 7) is 3.90. The van der Waals surface area contributed by atoms with Crippen molar-refractivity contribution in [1.82, 2.24) is 0 Å². The number of nitro benzene ring substituents is 1. The van der Waals surface area contributed by atoms with Crippen molar-refractivity contribution in [2.45, 2.75) is 32.2 Å². The Bertz CT molecular complexity index is 478. The molecule has 5 nitrogen and oxygen atoms in total. The Labute approximate surface area is 115 Å². The second kappa shape index (κ2) is 6.16. The summed E-state index contributed by atoms with van der Waals surface area (Å²) in [6, 6.07) is 1.84. The maximum Gasteiger partial charge on any atom is 0.313 e. The molecule has 7 heteroatoms. The van der Waals surface area contributed by atoms with Gasteiger partial charge in [0.1, 0.15) is 12.4 Å². The molecule has 2 N–H and O–H groups in total. The molecule has 0 saturated heterocycles. The first-order valence-corrected chi connectivity index (χ1v) is 6.26. The third kappa shape index (κ3) is 3.78. The Morgan fingerprint density at radius 2 is 2.05 bits per heavy atom. The molecule has 0 spiro atoms. The van der Waals surface area contributed by atoms with Crippen molar-refractivity contribution in [2.75, 3.05) is 6.61 Å². The average molecular weight is 291 g/mol. The highest BCUT2D eigenvalue weighted by atomic mass is 35.5. The van der Waals surface area contributed by atoms with E-state index in [1.54, 1.807) is 0 Å². The first kappa shape index (κ1) is 15.7. The molecule has 0 unspecified atom stereocenters. The molecule has 0 saturated carbocycles. The number of hydrogen-bond acceptors (Lipinski definition) is 4. The quantitative estimate of drug-likeness (QED) is 0.644. The van der Waals surface area contributed by atoms with Crippen LogP contribution in [0.1, 0.15) is 26.7 Å². The fourth-order valence-electron chi connectivity index (χ4n) is 1.45. The first-order chi connectivity index (χ1) is 8.83. The van der Waals surface area contributed by atoms with Crippen molar-refractivity contribution < 1.29 is 14.1 Å². The molecule has 0 atom stereocenters. The molecular formula is C12H16ClFN2O3. The Morgan fingerprint density at radius 3 is 2.53 bits per heavy atom. The predicted octanol–water partition coefficient (Wildman–Crippen LogP) is 3.28. The average Bonchev–Trinajstić information content (AvgIpc) is 2.39. The van der Waals surface area contributed by atoms with Gasteiger partial charge < -0.3 is 10.5 Å². The van der Waals surface area contributed by atoms with E-state index in [-0.39, 0.29) is 17.4 Å². The summed E-state index contributed by atoms with van der Waals surface area (Å²) in [4.78, 5) is 10.1.